The Hall–Kier alpha value is -1.91. The number of esters is 1. The van der Waals surface area contributed by atoms with E-state index in [1.165, 1.54) is 12.5 Å². The van der Waals surface area contributed by atoms with Gasteiger partial charge in [0.05, 0.1) is 0 Å². The molecule has 0 aromatic heterocycles. The molecule has 5 rings (SSSR count). The molecule has 0 amide bonds. The van der Waals surface area contributed by atoms with E-state index in [0.717, 1.165) is 49.9 Å². The number of Topliss-reactive ketones (excluding diaryl/α,β-unsaturated/α-hetero) is 1. The Morgan fingerprint density at radius 2 is 1.89 bits per heavy atom. The van der Waals surface area contributed by atoms with E-state index in [-0.39, 0.29) is 22.4 Å². The maximum atomic E-state index is 13.0. The van der Waals surface area contributed by atoms with Gasteiger partial charge in [-0.1, -0.05) is 19.4 Å². The summed E-state index contributed by atoms with van der Waals surface area (Å²) in [5.41, 5.74) is 2.07. The molecular weight excluding hydrogens is 356 g/mol. The topological polar surface area (TPSA) is 69.7 Å². The van der Waals surface area contributed by atoms with Crippen molar-refractivity contribution in [2.24, 2.45) is 28.6 Å². The fourth-order valence-corrected chi connectivity index (χ4v) is 7.24. The van der Waals surface area contributed by atoms with Gasteiger partial charge in [0.15, 0.2) is 5.78 Å². The third-order valence-corrected chi connectivity index (χ3v) is 8.59. The van der Waals surface area contributed by atoms with E-state index in [1.54, 1.807) is 0 Å². The molecule has 0 bridgehead atoms. The van der Waals surface area contributed by atoms with Gasteiger partial charge in [-0.25, -0.2) is 0 Å². The van der Waals surface area contributed by atoms with Crippen LogP contribution >= 0.6 is 0 Å². The predicted octanol–water partition coefficient (Wildman–Crippen LogP) is 3.87. The Morgan fingerprint density at radius 3 is 2.64 bits per heavy atom. The highest BCUT2D eigenvalue weighted by Gasteiger charge is 2.62. The van der Waals surface area contributed by atoms with E-state index in [1.807, 2.05) is 6.08 Å². The second-order valence-corrected chi connectivity index (χ2v) is 9.85. The van der Waals surface area contributed by atoms with Crippen LogP contribution in [0.4, 0.5) is 0 Å². The molecule has 150 valence electrons. The molecule has 4 aliphatic carbocycles. The van der Waals surface area contributed by atoms with Gasteiger partial charge in [0, 0.05) is 30.8 Å². The molecule has 28 heavy (non-hydrogen) atoms. The number of hydrogen-bond donors (Lipinski definition) is 0. The molecule has 0 radical (unpaired) electrons. The van der Waals surface area contributed by atoms with Crippen molar-refractivity contribution >= 4 is 17.5 Å². The lowest BCUT2D eigenvalue weighted by Gasteiger charge is -2.57. The van der Waals surface area contributed by atoms with E-state index >= 15 is 0 Å². The number of carbonyl (C=O) groups is 3. The first-order valence-electron chi connectivity index (χ1n) is 10.6. The van der Waals surface area contributed by atoms with Gasteiger partial charge in [-0.15, -0.1) is 0 Å². The monoisotopic (exact) mass is 384 g/mol. The summed E-state index contributed by atoms with van der Waals surface area (Å²) in [6.07, 6.45) is 7.33. The van der Waals surface area contributed by atoms with Crippen molar-refractivity contribution in [1.82, 2.24) is 0 Å². The molecule has 0 N–H and O–H groups in total. The van der Waals surface area contributed by atoms with Crippen LogP contribution in [-0.4, -0.2) is 23.8 Å². The van der Waals surface area contributed by atoms with E-state index < -0.39 is 12.3 Å². The van der Waals surface area contributed by atoms with Crippen molar-refractivity contribution in [3.8, 4) is 0 Å². The predicted molar refractivity (Wildman–Crippen MR) is 101 cm³/mol. The zero-order valence-electron chi connectivity index (χ0n) is 16.9. The highest BCUT2D eigenvalue weighted by molar-refractivity contribution is 6.03. The molecule has 5 heteroatoms. The number of hydrogen-bond acceptors (Lipinski definition) is 5. The van der Waals surface area contributed by atoms with E-state index in [4.69, 9.17) is 9.47 Å². The normalized spacial score (nSPS) is 44.2. The van der Waals surface area contributed by atoms with Crippen molar-refractivity contribution in [3.05, 3.63) is 23.0 Å². The summed E-state index contributed by atoms with van der Waals surface area (Å²) < 4.78 is 10.9. The minimum Gasteiger partial charge on any atom is -0.452 e. The molecule has 5 nitrogen and oxygen atoms in total. The summed E-state index contributed by atoms with van der Waals surface area (Å²) >= 11 is 0. The standard InChI is InChI=1S/C23H28O5/c1-12(24)27-21-20(26)19-18(28-21)11-17-15-5-4-13-10-14(25)6-8-22(13,2)16(15)7-9-23(17,19)3/h10,15-17,21H,4-9,11H2,1-3H3/t15-,16+,17+,21?,22+,23+/m1/s1. The Balaban J connectivity index is 1.44. The van der Waals surface area contributed by atoms with Crippen molar-refractivity contribution in [2.45, 2.75) is 72.0 Å². The molecule has 1 heterocycles. The Labute approximate surface area is 165 Å². The summed E-state index contributed by atoms with van der Waals surface area (Å²) in [6.45, 7) is 5.88. The number of fused-ring (bicyclic) bond motifs is 6. The van der Waals surface area contributed by atoms with Crippen LogP contribution in [0.15, 0.2) is 23.0 Å². The van der Waals surface area contributed by atoms with Crippen LogP contribution in [0.25, 0.3) is 0 Å². The van der Waals surface area contributed by atoms with Crippen LogP contribution in [-0.2, 0) is 23.9 Å². The quantitative estimate of drug-likeness (QED) is 0.642. The van der Waals surface area contributed by atoms with Crippen LogP contribution in [0.3, 0.4) is 0 Å². The molecule has 5 aliphatic rings. The minimum atomic E-state index is -1.08. The number of ketones is 2. The molecule has 0 aromatic rings. The summed E-state index contributed by atoms with van der Waals surface area (Å²) in [7, 11) is 0. The molecule has 0 saturated heterocycles. The third-order valence-electron chi connectivity index (χ3n) is 8.59. The highest BCUT2D eigenvalue weighted by Crippen LogP contribution is 2.67. The van der Waals surface area contributed by atoms with Crippen molar-refractivity contribution in [2.75, 3.05) is 0 Å². The molecular formula is C23H28O5. The van der Waals surface area contributed by atoms with Gasteiger partial charge in [-0.05, 0) is 61.3 Å². The van der Waals surface area contributed by atoms with Crippen molar-refractivity contribution < 1.29 is 23.9 Å². The van der Waals surface area contributed by atoms with Crippen LogP contribution in [0.2, 0.25) is 0 Å². The summed E-state index contributed by atoms with van der Waals surface area (Å²) in [5.74, 6) is 1.91. The highest BCUT2D eigenvalue weighted by atomic mass is 16.7. The van der Waals surface area contributed by atoms with E-state index in [9.17, 15) is 14.4 Å². The maximum Gasteiger partial charge on any atom is 0.307 e. The van der Waals surface area contributed by atoms with Crippen LogP contribution in [0.5, 0.6) is 0 Å². The van der Waals surface area contributed by atoms with Gasteiger partial charge in [0.1, 0.15) is 5.76 Å². The molecule has 1 unspecified atom stereocenters. The third kappa shape index (κ3) is 2.28. The van der Waals surface area contributed by atoms with Gasteiger partial charge < -0.3 is 9.47 Å². The van der Waals surface area contributed by atoms with Gasteiger partial charge >= 0.3 is 12.3 Å². The molecule has 1 aliphatic heterocycles. The lowest BCUT2D eigenvalue weighted by Crippen LogP contribution is -2.51. The van der Waals surface area contributed by atoms with Gasteiger partial charge in [0.25, 0.3) is 0 Å². The zero-order chi connectivity index (χ0) is 19.8. The van der Waals surface area contributed by atoms with E-state index in [2.05, 4.69) is 13.8 Å². The van der Waals surface area contributed by atoms with Gasteiger partial charge in [0.2, 0.25) is 5.78 Å². The molecule has 6 atom stereocenters. The zero-order valence-corrected chi connectivity index (χ0v) is 16.9. The maximum absolute atomic E-state index is 13.0. The van der Waals surface area contributed by atoms with E-state index in [0.29, 0.717) is 24.2 Å². The first-order chi connectivity index (χ1) is 13.2. The SMILES string of the molecule is CC(=O)OC1OC2=C(C1=O)[C@@]1(C)CC[C@H]3[C@@H](CCC4=CC(=O)CC[C@@]43C)[C@@H]1C2. The Kier molecular flexibility index (Phi) is 3.76. The Bertz CT molecular complexity index is 851. The van der Waals surface area contributed by atoms with Gasteiger partial charge in [-0.3, -0.25) is 14.4 Å². The molecule has 2 fully saturated rings. The van der Waals surface area contributed by atoms with Crippen LogP contribution in [0.1, 0.15) is 65.7 Å². The van der Waals surface area contributed by atoms with Crippen molar-refractivity contribution in [1.29, 1.82) is 0 Å². The van der Waals surface area contributed by atoms with Crippen molar-refractivity contribution in [3.63, 3.8) is 0 Å². The smallest absolute Gasteiger partial charge is 0.307 e. The number of allylic oxidation sites excluding steroid dienone is 3. The minimum absolute atomic E-state index is 0.121. The van der Waals surface area contributed by atoms with Crippen LogP contribution in [0, 0.1) is 28.6 Å². The number of carbonyl (C=O) groups excluding carboxylic acids is 3. The molecule has 0 spiro atoms. The number of rotatable bonds is 1. The fraction of sp³-hybridized carbons (Fsp3) is 0.696. The lowest BCUT2D eigenvalue weighted by molar-refractivity contribution is -0.172. The average Bonchev–Trinajstić information content (AvgIpc) is 3.09. The second-order valence-electron chi connectivity index (χ2n) is 9.85. The first-order valence-corrected chi connectivity index (χ1v) is 10.6. The lowest BCUT2D eigenvalue weighted by atomic mass is 9.47. The largest absolute Gasteiger partial charge is 0.452 e. The molecule has 2 saturated carbocycles. The van der Waals surface area contributed by atoms with Gasteiger partial charge in [-0.2, -0.15) is 0 Å². The Morgan fingerprint density at radius 1 is 1.11 bits per heavy atom. The van der Waals surface area contributed by atoms with Crippen LogP contribution < -0.4 is 0 Å². The summed E-state index contributed by atoms with van der Waals surface area (Å²) in [6, 6.07) is 0. The summed E-state index contributed by atoms with van der Waals surface area (Å²) in [4.78, 5) is 36.2. The average molecular weight is 384 g/mol. The second kappa shape index (κ2) is 5.80. The fourth-order valence-electron chi connectivity index (χ4n) is 7.24. The first kappa shape index (κ1) is 18.1. The number of ether oxygens (including phenoxy) is 2. The summed E-state index contributed by atoms with van der Waals surface area (Å²) in [5, 5.41) is 0. The molecule has 0 aromatic carbocycles.